The van der Waals surface area contributed by atoms with Gasteiger partial charge in [0.2, 0.25) is 0 Å². The van der Waals surface area contributed by atoms with Gasteiger partial charge in [-0.15, -0.1) is 0 Å². The Kier molecular flexibility index (Phi) is 7.15. The molecule has 1 unspecified atom stereocenters. The van der Waals surface area contributed by atoms with Crippen molar-refractivity contribution >= 4 is 17.5 Å². The summed E-state index contributed by atoms with van der Waals surface area (Å²) in [4.78, 5) is 14.3. The quantitative estimate of drug-likeness (QED) is 0.774. The largest absolute Gasteiger partial charge is 0.481 e. The van der Waals surface area contributed by atoms with E-state index in [0.717, 1.165) is 19.3 Å². The third-order valence-electron chi connectivity index (χ3n) is 3.91. The van der Waals surface area contributed by atoms with Crippen molar-refractivity contribution in [2.75, 3.05) is 26.2 Å². The Morgan fingerprint density at radius 3 is 2.83 bits per heavy atom. The first-order valence-corrected chi connectivity index (χ1v) is 8.50. The van der Waals surface area contributed by atoms with Crippen LogP contribution in [0.1, 0.15) is 26.2 Å². The molecular weight excluding hydrogens is 316 g/mol. The van der Waals surface area contributed by atoms with Crippen LogP contribution < -0.4 is 10.5 Å². The highest BCUT2D eigenvalue weighted by molar-refractivity contribution is 6.30. The fourth-order valence-corrected chi connectivity index (χ4v) is 2.81. The molecule has 1 aromatic carbocycles. The van der Waals surface area contributed by atoms with Crippen molar-refractivity contribution in [1.82, 2.24) is 4.90 Å². The monoisotopic (exact) mass is 340 g/mol. The SMILES string of the molecule is CC(Oc1cccc(Cl)c1)C(=O)N1CCC(OCCCN)CC1. The number of nitrogens with two attached hydrogens (primary N) is 1. The molecule has 1 amide bonds. The zero-order chi connectivity index (χ0) is 16.7. The Bertz CT molecular complexity index is 504. The summed E-state index contributed by atoms with van der Waals surface area (Å²) >= 11 is 5.93. The van der Waals surface area contributed by atoms with Crippen LogP contribution in [-0.2, 0) is 9.53 Å². The first-order chi connectivity index (χ1) is 11.1. The number of carbonyl (C=O) groups excluding carboxylic acids is 1. The van der Waals surface area contributed by atoms with Crippen molar-refractivity contribution in [2.24, 2.45) is 5.73 Å². The molecule has 2 rings (SSSR count). The molecule has 0 saturated carbocycles. The zero-order valence-corrected chi connectivity index (χ0v) is 14.3. The number of carbonyl (C=O) groups is 1. The lowest BCUT2D eigenvalue weighted by atomic mass is 10.1. The number of piperidine rings is 1. The summed E-state index contributed by atoms with van der Waals surface area (Å²) in [5.74, 6) is 0.615. The molecule has 0 radical (unpaired) electrons. The fraction of sp³-hybridized carbons (Fsp3) is 0.588. The molecule has 0 aromatic heterocycles. The molecular formula is C17H25ClN2O3. The number of likely N-dealkylation sites (tertiary alicyclic amines) is 1. The number of rotatable bonds is 7. The molecule has 1 heterocycles. The molecule has 1 aliphatic rings. The van der Waals surface area contributed by atoms with Crippen LogP contribution in [0.2, 0.25) is 5.02 Å². The second-order valence-electron chi connectivity index (χ2n) is 5.76. The molecule has 128 valence electrons. The second-order valence-corrected chi connectivity index (χ2v) is 6.19. The number of nitrogens with zero attached hydrogens (tertiary/aromatic N) is 1. The molecule has 1 saturated heterocycles. The van der Waals surface area contributed by atoms with E-state index >= 15 is 0 Å². The van der Waals surface area contributed by atoms with Crippen LogP contribution in [0.3, 0.4) is 0 Å². The molecule has 5 nitrogen and oxygen atoms in total. The molecule has 6 heteroatoms. The maximum atomic E-state index is 12.5. The van der Waals surface area contributed by atoms with E-state index in [-0.39, 0.29) is 12.0 Å². The lowest BCUT2D eigenvalue weighted by Crippen LogP contribution is -2.46. The molecule has 1 aromatic rings. The van der Waals surface area contributed by atoms with Gasteiger partial charge in [0.1, 0.15) is 5.75 Å². The smallest absolute Gasteiger partial charge is 0.263 e. The van der Waals surface area contributed by atoms with Crippen LogP contribution in [0, 0.1) is 0 Å². The number of amides is 1. The van der Waals surface area contributed by atoms with Gasteiger partial charge in [0.15, 0.2) is 6.10 Å². The Morgan fingerprint density at radius 1 is 1.43 bits per heavy atom. The summed E-state index contributed by atoms with van der Waals surface area (Å²) in [5.41, 5.74) is 5.46. The van der Waals surface area contributed by atoms with Gasteiger partial charge < -0.3 is 20.1 Å². The van der Waals surface area contributed by atoms with E-state index in [0.29, 0.717) is 37.0 Å². The van der Waals surface area contributed by atoms with Crippen molar-refractivity contribution in [3.63, 3.8) is 0 Å². The molecule has 1 aliphatic heterocycles. The standard InChI is InChI=1S/C17H25ClN2O3/c1-13(23-16-5-2-4-14(18)12-16)17(21)20-9-6-15(7-10-20)22-11-3-8-19/h2,4-5,12-13,15H,3,6-11,19H2,1H3. The molecule has 1 fully saturated rings. The van der Waals surface area contributed by atoms with Gasteiger partial charge in [0, 0.05) is 24.7 Å². The van der Waals surface area contributed by atoms with Gasteiger partial charge in [-0.3, -0.25) is 4.79 Å². The fourth-order valence-electron chi connectivity index (χ4n) is 2.63. The highest BCUT2D eigenvalue weighted by Gasteiger charge is 2.27. The maximum absolute atomic E-state index is 12.5. The minimum Gasteiger partial charge on any atom is -0.481 e. The Balaban J connectivity index is 1.77. The molecule has 0 bridgehead atoms. The number of benzene rings is 1. The molecule has 23 heavy (non-hydrogen) atoms. The molecule has 1 atom stereocenters. The van der Waals surface area contributed by atoms with Crippen LogP contribution in [-0.4, -0.2) is 49.3 Å². The lowest BCUT2D eigenvalue weighted by molar-refractivity contribution is -0.140. The van der Waals surface area contributed by atoms with Crippen molar-refractivity contribution in [3.8, 4) is 5.75 Å². The van der Waals surface area contributed by atoms with E-state index in [1.807, 2.05) is 4.90 Å². The second kappa shape index (κ2) is 9.11. The maximum Gasteiger partial charge on any atom is 0.263 e. The predicted octanol–water partition coefficient (Wildman–Crippen LogP) is 2.46. The summed E-state index contributed by atoms with van der Waals surface area (Å²) in [6, 6.07) is 7.09. The highest BCUT2D eigenvalue weighted by atomic mass is 35.5. The number of hydrogen-bond donors (Lipinski definition) is 1. The van der Waals surface area contributed by atoms with E-state index in [1.165, 1.54) is 0 Å². The van der Waals surface area contributed by atoms with E-state index in [1.54, 1.807) is 31.2 Å². The van der Waals surface area contributed by atoms with E-state index in [2.05, 4.69) is 0 Å². The predicted molar refractivity (Wildman–Crippen MR) is 90.8 cm³/mol. The van der Waals surface area contributed by atoms with Crippen molar-refractivity contribution < 1.29 is 14.3 Å². The van der Waals surface area contributed by atoms with Gasteiger partial charge >= 0.3 is 0 Å². The topological polar surface area (TPSA) is 64.8 Å². The van der Waals surface area contributed by atoms with Gasteiger partial charge in [0.25, 0.3) is 5.91 Å². The average molecular weight is 341 g/mol. The normalized spacial score (nSPS) is 17.1. The average Bonchev–Trinajstić information content (AvgIpc) is 2.55. The van der Waals surface area contributed by atoms with Crippen molar-refractivity contribution in [1.29, 1.82) is 0 Å². The van der Waals surface area contributed by atoms with Gasteiger partial charge in [-0.1, -0.05) is 17.7 Å². The minimum absolute atomic E-state index is 0.00498. The van der Waals surface area contributed by atoms with E-state index in [4.69, 9.17) is 26.8 Å². The zero-order valence-electron chi connectivity index (χ0n) is 13.5. The summed E-state index contributed by atoms with van der Waals surface area (Å²) in [5, 5.41) is 0.595. The lowest BCUT2D eigenvalue weighted by Gasteiger charge is -2.33. The Morgan fingerprint density at radius 2 is 2.17 bits per heavy atom. The van der Waals surface area contributed by atoms with Crippen LogP contribution in [0.25, 0.3) is 0 Å². The Labute approximate surface area is 142 Å². The van der Waals surface area contributed by atoms with Crippen LogP contribution >= 0.6 is 11.6 Å². The molecule has 2 N–H and O–H groups in total. The summed E-state index contributed by atoms with van der Waals surface area (Å²) in [6.45, 7) is 4.52. The third-order valence-corrected chi connectivity index (χ3v) is 4.15. The number of halogens is 1. The minimum atomic E-state index is -0.525. The first-order valence-electron chi connectivity index (χ1n) is 8.13. The summed E-state index contributed by atoms with van der Waals surface area (Å²) in [6.07, 6.45) is 2.31. The van der Waals surface area contributed by atoms with Crippen LogP contribution in [0.4, 0.5) is 0 Å². The van der Waals surface area contributed by atoms with E-state index in [9.17, 15) is 4.79 Å². The van der Waals surface area contributed by atoms with Crippen molar-refractivity contribution in [3.05, 3.63) is 29.3 Å². The number of hydrogen-bond acceptors (Lipinski definition) is 4. The molecule has 0 aliphatic carbocycles. The van der Waals surface area contributed by atoms with Gasteiger partial charge in [-0.2, -0.15) is 0 Å². The van der Waals surface area contributed by atoms with E-state index < -0.39 is 6.10 Å². The third kappa shape index (κ3) is 5.68. The highest BCUT2D eigenvalue weighted by Crippen LogP contribution is 2.20. The van der Waals surface area contributed by atoms with Gasteiger partial charge in [-0.05, 0) is 50.9 Å². The Hall–Kier alpha value is -1.30. The molecule has 0 spiro atoms. The first kappa shape index (κ1) is 18.0. The van der Waals surface area contributed by atoms with Crippen molar-refractivity contribution in [2.45, 2.75) is 38.4 Å². The number of ether oxygens (including phenoxy) is 2. The summed E-state index contributed by atoms with van der Waals surface area (Å²) < 4.78 is 11.5. The summed E-state index contributed by atoms with van der Waals surface area (Å²) in [7, 11) is 0. The van der Waals surface area contributed by atoms with Crippen LogP contribution in [0.15, 0.2) is 24.3 Å². The van der Waals surface area contributed by atoms with Gasteiger partial charge in [-0.25, -0.2) is 0 Å². The van der Waals surface area contributed by atoms with Crippen LogP contribution in [0.5, 0.6) is 5.75 Å². The van der Waals surface area contributed by atoms with Gasteiger partial charge in [0.05, 0.1) is 6.10 Å².